The highest BCUT2D eigenvalue weighted by Gasteiger charge is 2.32. The number of carbonyl (C=O) groups is 1. The molecule has 3 rings (SSSR count). The molecule has 0 saturated carbocycles. The third kappa shape index (κ3) is 5.03. The number of nitrogens with one attached hydrogen (secondary N) is 1. The van der Waals surface area contributed by atoms with Gasteiger partial charge in [0.1, 0.15) is 12.4 Å². The van der Waals surface area contributed by atoms with Crippen LogP contribution in [0.5, 0.6) is 5.75 Å². The maximum Gasteiger partial charge on any atom is 0.416 e. The number of ether oxygens (including phenoxy) is 2. The molecular weight excluding hydrogens is 412 g/mol. The number of halogens is 4. The van der Waals surface area contributed by atoms with Crippen LogP contribution in [0.25, 0.3) is 0 Å². The van der Waals surface area contributed by atoms with E-state index in [1.807, 2.05) is 0 Å². The van der Waals surface area contributed by atoms with Crippen LogP contribution in [0.2, 0.25) is 0 Å². The lowest BCUT2D eigenvalue weighted by Gasteiger charge is -2.17. The molecule has 0 radical (unpaired) electrons. The fraction of sp³-hybridized carbons (Fsp3) is 0.316. The first kappa shape index (κ1) is 21.5. The Morgan fingerprint density at radius 2 is 2.03 bits per heavy atom. The molecule has 1 aliphatic rings. The van der Waals surface area contributed by atoms with Gasteiger partial charge < -0.3 is 14.8 Å². The Morgan fingerprint density at radius 3 is 2.67 bits per heavy atom. The molecule has 1 N–H and O–H groups in total. The molecule has 1 heterocycles. The quantitative estimate of drug-likeness (QED) is 0.414. The molecular formula is C19H16F4N2O5. The summed E-state index contributed by atoms with van der Waals surface area (Å²) >= 11 is 0. The fourth-order valence-electron chi connectivity index (χ4n) is 2.88. The Bertz CT molecular complexity index is 958. The Labute approximate surface area is 167 Å². The van der Waals surface area contributed by atoms with Gasteiger partial charge in [-0.1, -0.05) is 0 Å². The van der Waals surface area contributed by atoms with Gasteiger partial charge in [0.15, 0.2) is 0 Å². The van der Waals surface area contributed by atoms with Crippen LogP contribution in [-0.2, 0) is 10.9 Å². The third-order valence-corrected chi connectivity index (χ3v) is 4.41. The number of alkyl halides is 3. The van der Waals surface area contributed by atoms with Crippen molar-refractivity contribution in [1.82, 2.24) is 0 Å². The molecule has 0 unspecified atom stereocenters. The molecule has 1 fully saturated rings. The minimum atomic E-state index is -4.67. The molecule has 11 heteroatoms. The zero-order valence-electron chi connectivity index (χ0n) is 15.4. The van der Waals surface area contributed by atoms with E-state index in [0.717, 1.165) is 37.1 Å². The van der Waals surface area contributed by atoms with Crippen LogP contribution >= 0.6 is 0 Å². The molecule has 1 atom stereocenters. The van der Waals surface area contributed by atoms with E-state index in [4.69, 9.17) is 9.47 Å². The van der Waals surface area contributed by atoms with Crippen LogP contribution in [0.1, 0.15) is 28.8 Å². The van der Waals surface area contributed by atoms with Gasteiger partial charge in [-0.2, -0.15) is 17.6 Å². The zero-order valence-corrected chi connectivity index (χ0v) is 15.4. The molecule has 0 aliphatic carbocycles. The smallest absolute Gasteiger partial charge is 0.416 e. The van der Waals surface area contributed by atoms with E-state index in [-0.39, 0.29) is 29.7 Å². The first-order valence-electron chi connectivity index (χ1n) is 8.86. The summed E-state index contributed by atoms with van der Waals surface area (Å²) in [6, 6.07) is 4.99. The molecule has 0 bridgehead atoms. The van der Waals surface area contributed by atoms with E-state index in [1.54, 1.807) is 0 Å². The minimum absolute atomic E-state index is 0.0246. The largest absolute Gasteiger partial charge is 0.489 e. The number of nitrogens with zero attached hydrogens (tertiary/aromatic N) is 1. The average Bonchev–Trinajstić information content (AvgIpc) is 3.19. The van der Waals surface area contributed by atoms with Crippen molar-refractivity contribution < 1.29 is 36.8 Å². The maximum absolute atomic E-state index is 13.5. The average molecular weight is 428 g/mol. The van der Waals surface area contributed by atoms with Crippen LogP contribution in [-0.4, -0.2) is 30.1 Å². The summed E-state index contributed by atoms with van der Waals surface area (Å²) in [5.74, 6) is -2.13. The van der Waals surface area contributed by atoms with E-state index < -0.39 is 34.1 Å². The minimum Gasteiger partial charge on any atom is -0.489 e. The van der Waals surface area contributed by atoms with Gasteiger partial charge in [-0.15, -0.1) is 0 Å². The molecule has 7 nitrogen and oxygen atoms in total. The standard InChI is InChI=1S/C19H16F4N2O5/c20-14-5-3-11(8-16(14)25(27)28)18(26)24-15-9-12(19(21,22)23)4-6-17(15)30-10-13-2-1-7-29-13/h3-6,8-9,13H,1-2,7,10H2,(H,24,26)/t13-/m0/s1. The van der Waals surface area contributed by atoms with Crippen molar-refractivity contribution in [3.8, 4) is 5.75 Å². The van der Waals surface area contributed by atoms with Crippen molar-refractivity contribution in [2.24, 2.45) is 0 Å². The summed E-state index contributed by atoms with van der Waals surface area (Å²) in [7, 11) is 0. The molecule has 0 spiro atoms. The van der Waals surface area contributed by atoms with Gasteiger partial charge in [0.2, 0.25) is 5.82 Å². The summed E-state index contributed by atoms with van der Waals surface area (Å²) in [6.45, 7) is 0.643. The molecule has 1 saturated heterocycles. The number of nitro benzene ring substituents is 1. The van der Waals surface area contributed by atoms with Crippen molar-refractivity contribution in [1.29, 1.82) is 0 Å². The van der Waals surface area contributed by atoms with Crippen LogP contribution < -0.4 is 10.1 Å². The number of hydrogen-bond acceptors (Lipinski definition) is 5. The zero-order chi connectivity index (χ0) is 21.9. The van der Waals surface area contributed by atoms with Crippen molar-refractivity contribution in [2.45, 2.75) is 25.1 Å². The SMILES string of the molecule is O=C(Nc1cc(C(F)(F)F)ccc1OC[C@@H]1CCCO1)c1ccc(F)c([N+](=O)[O-])c1. The van der Waals surface area contributed by atoms with Crippen LogP contribution in [0, 0.1) is 15.9 Å². The predicted molar refractivity (Wildman–Crippen MR) is 96.9 cm³/mol. The first-order chi connectivity index (χ1) is 14.1. The Morgan fingerprint density at radius 1 is 1.27 bits per heavy atom. The van der Waals surface area contributed by atoms with E-state index in [2.05, 4.69) is 5.32 Å². The highest BCUT2D eigenvalue weighted by atomic mass is 19.4. The molecule has 1 amide bonds. The number of benzene rings is 2. The second-order valence-corrected chi connectivity index (χ2v) is 6.53. The van der Waals surface area contributed by atoms with E-state index >= 15 is 0 Å². The molecule has 1 aliphatic heterocycles. The van der Waals surface area contributed by atoms with Crippen LogP contribution in [0.3, 0.4) is 0 Å². The maximum atomic E-state index is 13.5. The van der Waals surface area contributed by atoms with E-state index in [9.17, 15) is 32.5 Å². The van der Waals surface area contributed by atoms with E-state index in [0.29, 0.717) is 18.7 Å². The van der Waals surface area contributed by atoms with Gasteiger partial charge in [0, 0.05) is 18.2 Å². The van der Waals surface area contributed by atoms with Gasteiger partial charge in [-0.3, -0.25) is 14.9 Å². The lowest BCUT2D eigenvalue weighted by molar-refractivity contribution is -0.387. The van der Waals surface area contributed by atoms with Gasteiger partial charge in [-0.25, -0.2) is 0 Å². The van der Waals surface area contributed by atoms with Crippen molar-refractivity contribution in [3.05, 3.63) is 63.5 Å². The summed E-state index contributed by atoms with van der Waals surface area (Å²) in [5, 5.41) is 13.1. The van der Waals surface area contributed by atoms with Gasteiger partial charge in [0.05, 0.1) is 22.3 Å². The van der Waals surface area contributed by atoms with Gasteiger partial charge in [-0.05, 0) is 43.2 Å². The summed E-state index contributed by atoms with van der Waals surface area (Å²) in [4.78, 5) is 22.3. The highest BCUT2D eigenvalue weighted by Crippen LogP contribution is 2.35. The summed E-state index contributed by atoms with van der Waals surface area (Å²) in [6.07, 6.45) is -3.30. The molecule has 30 heavy (non-hydrogen) atoms. The van der Waals surface area contributed by atoms with Gasteiger partial charge >= 0.3 is 11.9 Å². The summed E-state index contributed by atoms with van der Waals surface area (Å²) < 4.78 is 63.7. The van der Waals surface area contributed by atoms with Crippen LogP contribution in [0.4, 0.5) is 28.9 Å². The lowest BCUT2D eigenvalue weighted by atomic mass is 10.1. The number of rotatable bonds is 6. The summed E-state index contributed by atoms with van der Waals surface area (Å²) in [5.41, 5.74) is -2.53. The molecule has 0 aromatic heterocycles. The topological polar surface area (TPSA) is 90.7 Å². The Balaban J connectivity index is 1.86. The Kier molecular flexibility index (Phi) is 6.20. The molecule has 2 aromatic rings. The molecule has 2 aromatic carbocycles. The lowest BCUT2D eigenvalue weighted by Crippen LogP contribution is -2.19. The highest BCUT2D eigenvalue weighted by molar-refractivity contribution is 6.05. The number of anilines is 1. The van der Waals surface area contributed by atoms with E-state index in [1.165, 1.54) is 0 Å². The number of amides is 1. The third-order valence-electron chi connectivity index (χ3n) is 4.41. The number of carbonyl (C=O) groups excluding carboxylic acids is 1. The Hall–Kier alpha value is -3.21. The number of nitro groups is 1. The molecule has 160 valence electrons. The van der Waals surface area contributed by atoms with Crippen molar-refractivity contribution in [3.63, 3.8) is 0 Å². The van der Waals surface area contributed by atoms with Crippen LogP contribution in [0.15, 0.2) is 36.4 Å². The van der Waals surface area contributed by atoms with Gasteiger partial charge in [0.25, 0.3) is 5.91 Å². The first-order valence-corrected chi connectivity index (χ1v) is 8.86. The number of hydrogen-bond donors (Lipinski definition) is 1. The predicted octanol–water partition coefficient (Wildman–Crippen LogP) is 4.56. The van der Waals surface area contributed by atoms with Crippen molar-refractivity contribution >= 4 is 17.3 Å². The van der Waals surface area contributed by atoms with Crippen molar-refractivity contribution in [2.75, 3.05) is 18.5 Å². The second kappa shape index (κ2) is 8.66. The second-order valence-electron chi connectivity index (χ2n) is 6.53. The monoisotopic (exact) mass is 428 g/mol. The fourth-order valence-corrected chi connectivity index (χ4v) is 2.88. The normalized spacial score (nSPS) is 16.3.